The number of ether oxygens (including phenoxy) is 1. The summed E-state index contributed by atoms with van der Waals surface area (Å²) in [6, 6.07) is 0. The molecule has 0 radical (unpaired) electrons. The first-order valence-electron chi connectivity index (χ1n) is 11.6. The van der Waals surface area contributed by atoms with E-state index in [0.717, 1.165) is 19.1 Å². The molecule has 170 valence electrons. The molecule has 5 heteroatoms. The SMILES string of the molecule is CCCCCCCCCCCCC(C)(CC)OCCC(C)(CC)OS(C)(=O)=O. The Kier molecular flexibility index (Phi) is 14.7. The van der Waals surface area contributed by atoms with Crippen molar-refractivity contribution in [2.75, 3.05) is 12.9 Å². The van der Waals surface area contributed by atoms with Gasteiger partial charge in [-0.3, -0.25) is 4.18 Å². The van der Waals surface area contributed by atoms with Crippen LogP contribution in [-0.2, 0) is 19.0 Å². The average Bonchev–Trinajstić information content (AvgIpc) is 2.62. The maximum atomic E-state index is 11.5. The Bertz CT molecular complexity index is 477. The van der Waals surface area contributed by atoms with E-state index in [1.807, 2.05) is 13.8 Å². The van der Waals surface area contributed by atoms with E-state index in [0.29, 0.717) is 19.4 Å². The summed E-state index contributed by atoms with van der Waals surface area (Å²) in [5.74, 6) is 0. The van der Waals surface area contributed by atoms with Crippen molar-refractivity contribution in [3.63, 3.8) is 0 Å². The van der Waals surface area contributed by atoms with Crippen molar-refractivity contribution in [2.45, 2.75) is 136 Å². The maximum Gasteiger partial charge on any atom is 0.264 e. The molecule has 28 heavy (non-hydrogen) atoms. The first-order valence-corrected chi connectivity index (χ1v) is 13.5. The highest BCUT2D eigenvalue weighted by molar-refractivity contribution is 7.86. The van der Waals surface area contributed by atoms with Crippen LogP contribution in [0.3, 0.4) is 0 Å². The van der Waals surface area contributed by atoms with Gasteiger partial charge in [0.05, 0.1) is 24.1 Å². The second-order valence-corrected chi connectivity index (χ2v) is 10.5. The molecule has 0 aromatic heterocycles. The molecule has 2 atom stereocenters. The fraction of sp³-hybridized carbons (Fsp3) is 1.00. The standard InChI is InChI=1S/C23H48O4S/c1-7-10-11-12-13-14-15-16-17-18-19-22(4,8-2)26-21-20-23(5,9-3)27-28(6,24)25/h7-21H2,1-6H3. The number of hydrogen-bond donors (Lipinski definition) is 0. The molecule has 2 unspecified atom stereocenters. The lowest BCUT2D eigenvalue weighted by Crippen LogP contribution is -2.35. The monoisotopic (exact) mass is 420 g/mol. The van der Waals surface area contributed by atoms with Crippen molar-refractivity contribution in [3.8, 4) is 0 Å². The fourth-order valence-electron chi connectivity index (χ4n) is 3.49. The van der Waals surface area contributed by atoms with Crippen molar-refractivity contribution in [1.29, 1.82) is 0 Å². The zero-order chi connectivity index (χ0) is 21.5. The minimum Gasteiger partial charge on any atom is -0.375 e. The van der Waals surface area contributed by atoms with Gasteiger partial charge in [0.15, 0.2) is 0 Å². The Labute approximate surface area is 176 Å². The Morgan fingerprint density at radius 1 is 0.679 bits per heavy atom. The van der Waals surface area contributed by atoms with Gasteiger partial charge in [0.25, 0.3) is 10.1 Å². The second kappa shape index (κ2) is 14.8. The third-order valence-corrected chi connectivity index (χ3v) is 6.69. The van der Waals surface area contributed by atoms with Gasteiger partial charge in [0, 0.05) is 6.42 Å². The third-order valence-electron chi connectivity index (χ3n) is 5.99. The third kappa shape index (κ3) is 14.8. The zero-order valence-electron chi connectivity index (χ0n) is 19.6. The van der Waals surface area contributed by atoms with Crippen LogP contribution < -0.4 is 0 Å². The average molecular weight is 421 g/mol. The highest BCUT2D eigenvalue weighted by Crippen LogP contribution is 2.27. The molecule has 0 saturated heterocycles. The van der Waals surface area contributed by atoms with Crippen molar-refractivity contribution < 1.29 is 17.3 Å². The number of rotatable bonds is 19. The molecule has 0 aliphatic rings. The van der Waals surface area contributed by atoms with Crippen LogP contribution in [0.2, 0.25) is 0 Å². The molecule has 0 aromatic rings. The van der Waals surface area contributed by atoms with Crippen LogP contribution in [0.4, 0.5) is 0 Å². The summed E-state index contributed by atoms with van der Waals surface area (Å²) in [4.78, 5) is 0. The molecule has 0 N–H and O–H groups in total. The van der Waals surface area contributed by atoms with E-state index in [1.54, 1.807) is 0 Å². The van der Waals surface area contributed by atoms with Crippen LogP contribution in [0.15, 0.2) is 0 Å². The quantitative estimate of drug-likeness (QED) is 0.166. The van der Waals surface area contributed by atoms with Crippen LogP contribution in [-0.4, -0.2) is 32.5 Å². The summed E-state index contributed by atoms with van der Waals surface area (Å²) in [7, 11) is -3.45. The van der Waals surface area contributed by atoms with Gasteiger partial charge in [-0.05, 0) is 33.1 Å². The first kappa shape index (κ1) is 27.9. The molecule has 0 aliphatic heterocycles. The van der Waals surface area contributed by atoms with Crippen LogP contribution in [0.1, 0.15) is 125 Å². The molecular weight excluding hydrogens is 372 g/mol. The predicted octanol–water partition coefficient (Wildman–Crippen LogP) is 7.02. The van der Waals surface area contributed by atoms with E-state index in [9.17, 15) is 8.42 Å². The predicted molar refractivity (Wildman–Crippen MR) is 120 cm³/mol. The highest BCUT2D eigenvalue weighted by atomic mass is 32.2. The van der Waals surface area contributed by atoms with Crippen molar-refractivity contribution in [1.82, 2.24) is 0 Å². The molecular formula is C23H48O4S. The van der Waals surface area contributed by atoms with Gasteiger partial charge in [0.2, 0.25) is 0 Å². The van der Waals surface area contributed by atoms with Crippen LogP contribution in [0, 0.1) is 0 Å². The van der Waals surface area contributed by atoms with E-state index in [1.165, 1.54) is 64.2 Å². The Morgan fingerprint density at radius 3 is 1.57 bits per heavy atom. The van der Waals surface area contributed by atoms with Gasteiger partial charge in [-0.15, -0.1) is 0 Å². The molecule has 0 rings (SSSR count). The van der Waals surface area contributed by atoms with Crippen molar-refractivity contribution in [3.05, 3.63) is 0 Å². The first-order chi connectivity index (χ1) is 13.1. The minimum absolute atomic E-state index is 0.125. The van der Waals surface area contributed by atoms with Crippen LogP contribution in [0.5, 0.6) is 0 Å². The van der Waals surface area contributed by atoms with Crippen molar-refractivity contribution in [2.24, 2.45) is 0 Å². The molecule has 0 spiro atoms. The van der Waals surface area contributed by atoms with Gasteiger partial charge < -0.3 is 4.74 Å². The summed E-state index contributed by atoms with van der Waals surface area (Å²) in [6.07, 6.45) is 17.8. The lowest BCUT2D eigenvalue weighted by atomic mass is 9.94. The molecule has 0 heterocycles. The van der Waals surface area contributed by atoms with Gasteiger partial charge in [-0.1, -0.05) is 85.0 Å². The summed E-state index contributed by atoms with van der Waals surface area (Å²) in [5.41, 5.74) is -0.806. The van der Waals surface area contributed by atoms with E-state index in [4.69, 9.17) is 8.92 Å². The smallest absolute Gasteiger partial charge is 0.264 e. The molecule has 0 saturated carbocycles. The molecule has 0 aliphatic carbocycles. The molecule has 0 aromatic carbocycles. The Morgan fingerprint density at radius 2 is 1.14 bits per heavy atom. The summed E-state index contributed by atoms with van der Waals surface area (Å²) < 4.78 is 34.4. The molecule has 0 fully saturated rings. The second-order valence-electron chi connectivity index (χ2n) is 8.92. The molecule has 4 nitrogen and oxygen atoms in total. The minimum atomic E-state index is -3.45. The van der Waals surface area contributed by atoms with Gasteiger partial charge >= 0.3 is 0 Å². The lowest BCUT2D eigenvalue weighted by molar-refractivity contribution is -0.0620. The van der Waals surface area contributed by atoms with Gasteiger partial charge in [-0.25, -0.2) is 0 Å². The lowest BCUT2D eigenvalue weighted by Gasteiger charge is -2.32. The number of unbranched alkanes of at least 4 members (excludes halogenated alkanes) is 9. The van der Waals surface area contributed by atoms with E-state index in [2.05, 4.69) is 20.8 Å². The fourth-order valence-corrected chi connectivity index (χ4v) is 4.43. The maximum absolute atomic E-state index is 11.5. The van der Waals surface area contributed by atoms with Crippen LogP contribution >= 0.6 is 0 Å². The summed E-state index contributed by atoms with van der Waals surface area (Å²) in [5, 5.41) is 0. The topological polar surface area (TPSA) is 52.6 Å². The van der Waals surface area contributed by atoms with E-state index < -0.39 is 15.7 Å². The number of hydrogen-bond acceptors (Lipinski definition) is 4. The van der Waals surface area contributed by atoms with Crippen LogP contribution in [0.25, 0.3) is 0 Å². The van der Waals surface area contributed by atoms with E-state index in [-0.39, 0.29) is 5.60 Å². The Hall–Kier alpha value is -0.130. The Balaban J connectivity index is 4.02. The zero-order valence-corrected chi connectivity index (χ0v) is 20.5. The summed E-state index contributed by atoms with van der Waals surface area (Å²) >= 11 is 0. The van der Waals surface area contributed by atoms with Crippen molar-refractivity contribution >= 4 is 10.1 Å². The molecule has 0 amide bonds. The highest BCUT2D eigenvalue weighted by Gasteiger charge is 2.29. The van der Waals surface area contributed by atoms with Gasteiger partial charge in [0.1, 0.15) is 0 Å². The van der Waals surface area contributed by atoms with Gasteiger partial charge in [-0.2, -0.15) is 8.42 Å². The largest absolute Gasteiger partial charge is 0.375 e. The summed E-state index contributed by atoms with van der Waals surface area (Å²) in [6.45, 7) is 10.9. The molecule has 0 bridgehead atoms. The van der Waals surface area contributed by atoms with E-state index >= 15 is 0 Å². The normalized spacial score (nSPS) is 16.6.